The number of benzene rings is 4. The van der Waals surface area contributed by atoms with E-state index in [1.807, 2.05) is 12.1 Å². The molecule has 0 radical (unpaired) electrons. The van der Waals surface area contributed by atoms with Crippen molar-refractivity contribution in [2.75, 3.05) is 70.1 Å². The summed E-state index contributed by atoms with van der Waals surface area (Å²) in [6.07, 6.45) is 2.47. The highest BCUT2D eigenvalue weighted by Gasteiger charge is 2.24. The molecule has 16 nitrogen and oxygen atoms in total. The minimum absolute atomic E-state index is 0.0449. The van der Waals surface area contributed by atoms with Gasteiger partial charge in [0.25, 0.3) is 0 Å². The first-order chi connectivity index (χ1) is 29.2. The number of ether oxygens (including phenoxy) is 8. The van der Waals surface area contributed by atoms with Crippen molar-refractivity contribution in [2.45, 2.75) is 25.7 Å². The second kappa shape index (κ2) is 20.6. The number of hydrogen-bond acceptors (Lipinski definition) is 14. The number of unbranched alkanes of at least 4 members (excludes halogenated alkanes) is 1. The highest BCUT2D eigenvalue weighted by molar-refractivity contribution is 6.16. The Morgan fingerprint density at radius 2 is 1.02 bits per heavy atom. The van der Waals surface area contributed by atoms with Gasteiger partial charge in [0.1, 0.15) is 28.4 Å². The smallest absolute Gasteiger partial charge is 0.211 e. The van der Waals surface area contributed by atoms with Crippen molar-refractivity contribution in [3.63, 3.8) is 0 Å². The molecule has 2 heterocycles. The van der Waals surface area contributed by atoms with E-state index in [4.69, 9.17) is 48.1 Å². The summed E-state index contributed by atoms with van der Waals surface area (Å²) in [5.74, 6) is 8.90. The van der Waals surface area contributed by atoms with Gasteiger partial charge in [0.15, 0.2) is 23.0 Å². The summed E-state index contributed by atoms with van der Waals surface area (Å²) in [6, 6.07) is 13.5. The fraction of sp³-hybridized carbons (Fsp3) is 0.318. The molecule has 6 aromatic rings. The van der Waals surface area contributed by atoms with Crippen LogP contribution in [0, 0.1) is 11.8 Å². The predicted octanol–water partition coefficient (Wildman–Crippen LogP) is 5.71. The summed E-state index contributed by atoms with van der Waals surface area (Å²) in [5, 5.41) is 33.7. The first-order valence-corrected chi connectivity index (χ1v) is 18.7. The van der Waals surface area contributed by atoms with Crippen LogP contribution in [-0.4, -0.2) is 112 Å². The number of methoxy groups -OCH3 is 8. The molecule has 6 rings (SSSR count). The summed E-state index contributed by atoms with van der Waals surface area (Å²) in [5.41, 5.74) is 4.04. The molecule has 0 aliphatic heterocycles. The number of fused-ring (bicyclic) bond motifs is 2. The second-order valence-electron chi connectivity index (χ2n) is 12.8. The van der Waals surface area contributed by atoms with Crippen LogP contribution in [0.2, 0.25) is 0 Å². The minimum Gasteiger partial charge on any atom is -0.496 e. The van der Waals surface area contributed by atoms with Crippen LogP contribution in [0.1, 0.15) is 62.5 Å². The normalized spacial score (nSPS) is 10.6. The van der Waals surface area contributed by atoms with E-state index in [1.54, 1.807) is 43.5 Å². The number of hydrogen-bond donors (Lipinski definition) is 4. The molecule has 316 valence electrons. The van der Waals surface area contributed by atoms with E-state index in [9.17, 15) is 9.59 Å². The summed E-state index contributed by atoms with van der Waals surface area (Å²) in [6.45, 7) is 0.0838. The molecule has 0 atom stereocenters. The first kappa shape index (κ1) is 44.1. The number of ketones is 2. The van der Waals surface area contributed by atoms with Crippen LogP contribution in [0.4, 0.5) is 0 Å². The highest BCUT2D eigenvalue weighted by Crippen LogP contribution is 2.41. The Balaban J connectivity index is 0.000000228. The quantitative estimate of drug-likeness (QED) is 0.0495. The van der Waals surface area contributed by atoms with Crippen LogP contribution in [-0.2, 0) is 6.42 Å². The molecular weight excluding hydrogens is 776 g/mol. The lowest BCUT2D eigenvalue weighted by Crippen LogP contribution is -2.05. The second-order valence-corrected chi connectivity index (χ2v) is 12.8. The van der Waals surface area contributed by atoms with Crippen LogP contribution in [0.3, 0.4) is 0 Å². The average molecular weight is 825 g/mol. The molecule has 0 fully saturated rings. The van der Waals surface area contributed by atoms with Crippen molar-refractivity contribution in [3.8, 4) is 57.8 Å². The van der Waals surface area contributed by atoms with Gasteiger partial charge in [-0.2, -0.15) is 10.2 Å². The van der Waals surface area contributed by atoms with Gasteiger partial charge in [0.2, 0.25) is 23.1 Å². The molecule has 16 heteroatoms. The van der Waals surface area contributed by atoms with Gasteiger partial charge in [-0.25, -0.2) is 0 Å². The van der Waals surface area contributed by atoms with Crippen LogP contribution in [0.5, 0.6) is 46.0 Å². The third-order valence-electron chi connectivity index (χ3n) is 9.51. The van der Waals surface area contributed by atoms with E-state index in [0.29, 0.717) is 115 Å². The Morgan fingerprint density at radius 1 is 0.567 bits per heavy atom. The van der Waals surface area contributed by atoms with Crippen molar-refractivity contribution < 1.29 is 57.7 Å². The monoisotopic (exact) mass is 824 g/mol. The van der Waals surface area contributed by atoms with Gasteiger partial charge in [-0.15, -0.1) is 0 Å². The zero-order valence-corrected chi connectivity index (χ0v) is 34.7. The number of aliphatic hydroxyl groups is 2. The van der Waals surface area contributed by atoms with Gasteiger partial charge >= 0.3 is 0 Å². The summed E-state index contributed by atoms with van der Waals surface area (Å²) < 4.78 is 42.9. The molecule has 4 aromatic carbocycles. The molecule has 60 heavy (non-hydrogen) atoms. The SMILES string of the molecule is COc1cc(C(=O)c2[nH]nc3c(C#CCCO)c(OC)ccc23)cc(OC)c1OC.COc1cc(C(=O)c2[nH]nc3c(CCCCO)c(OC)ccc23)cc(OC)c1OC. The molecule has 0 saturated carbocycles. The Bertz CT molecular complexity index is 2480. The van der Waals surface area contributed by atoms with E-state index in [0.717, 1.165) is 12.0 Å². The number of nitrogens with one attached hydrogen (secondary N) is 2. The van der Waals surface area contributed by atoms with Gasteiger partial charge < -0.3 is 48.1 Å². The van der Waals surface area contributed by atoms with Crippen LogP contribution >= 0.6 is 0 Å². The molecule has 0 aliphatic rings. The molecule has 0 saturated heterocycles. The molecule has 0 bridgehead atoms. The molecule has 2 aromatic heterocycles. The van der Waals surface area contributed by atoms with E-state index in [1.165, 1.54) is 49.8 Å². The van der Waals surface area contributed by atoms with Crippen molar-refractivity contribution >= 4 is 33.4 Å². The van der Waals surface area contributed by atoms with Gasteiger partial charge in [0, 0.05) is 40.5 Å². The Kier molecular flexibility index (Phi) is 15.2. The number of aryl methyl sites for hydroxylation is 1. The third kappa shape index (κ3) is 9.02. The van der Waals surface area contributed by atoms with Crippen LogP contribution in [0.25, 0.3) is 21.8 Å². The first-order valence-electron chi connectivity index (χ1n) is 18.7. The zero-order chi connectivity index (χ0) is 43.3. The molecule has 0 amide bonds. The fourth-order valence-electron chi connectivity index (χ4n) is 6.59. The predicted molar refractivity (Wildman–Crippen MR) is 223 cm³/mol. The van der Waals surface area contributed by atoms with Gasteiger partial charge in [-0.1, -0.05) is 11.8 Å². The largest absolute Gasteiger partial charge is 0.496 e. The number of rotatable bonds is 17. The van der Waals surface area contributed by atoms with E-state index in [-0.39, 0.29) is 24.8 Å². The summed E-state index contributed by atoms with van der Waals surface area (Å²) >= 11 is 0. The van der Waals surface area contributed by atoms with Crippen LogP contribution in [0.15, 0.2) is 48.5 Å². The van der Waals surface area contributed by atoms with Gasteiger partial charge in [-0.05, 0) is 67.8 Å². The maximum Gasteiger partial charge on any atom is 0.211 e. The van der Waals surface area contributed by atoms with Crippen LogP contribution < -0.4 is 37.9 Å². The molecule has 0 aliphatic carbocycles. The molecule has 4 N–H and O–H groups in total. The standard InChI is InChI=1S/C22H26N2O6.C22H22N2O6/c2*1-27-16-9-8-15-19(14(16)7-5-6-10-25)23-24-20(15)21(26)13-11-17(28-2)22(30-4)18(12-13)29-3/h8-9,11-12,25H,5-7,10H2,1-4H3,(H,23,24);8-9,11-12,25H,6,10H2,1-4H3,(H,23,24). The highest BCUT2D eigenvalue weighted by atomic mass is 16.5. The number of carbonyl (C=O) groups excluding carboxylic acids is 2. The molecule has 0 spiro atoms. The minimum atomic E-state index is -0.295. The number of carbonyl (C=O) groups is 2. The van der Waals surface area contributed by atoms with Crippen molar-refractivity contribution in [3.05, 3.63) is 82.2 Å². The fourth-order valence-corrected chi connectivity index (χ4v) is 6.59. The Morgan fingerprint density at radius 3 is 1.45 bits per heavy atom. The van der Waals surface area contributed by atoms with E-state index in [2.05, 4.69) is 32.2 Å². The number of aromatic amines is 2. The van der Waals surface area contributed by atoms with Crippen molar-refractivity contribution in [1.82, 2.24) is 20.4 Å². The number of nitrogens with zero attached hydrogens (tertiary/aromatic N) is 2. The lowest BCUT2D eigenvalue weighted by Gasteiger charge is -2.13. The Hall–Kier alpha value is -6.96. The van der Waals surface area contributed by atoms with Gasteiger partial charge in [0.05, 0.1) is 74.6 Å². The summed E-state index contributed by atoms with van der Waals surface area (Å²) in [7, 11) is 12.1. The molecule has 0 unspecified atom stereocenters. The lowest BCUT2D eigenvalue weighted by atomic mass is 10.00. The molecular formula is C44H48N4O12. The van der Waals surface area contributed by atoms with E-state index < -0.39 is 0 Å². The van der Waals surface area contributed by atoms with Crippen molar-refractivity contribution in [1.29, 1.82) is 0 Å². The summed E-state index contributed by atoms with van der Waals surface area (Å²) in [4.78, 5) is 26.6. The number of aliphatic hydroxyl groups excluding tert-OH is 2. The van der Waals surface area contributed by atoms with Gasteiger partial charge in [-0.3, -0.25) is 19.8 Å². The maximum absolute atomic E-state index is 13.3. The third-order valence-corrected chi connectivity index (χ3v) is 9.51. The number of H-pyrrole nitrogens is 2. The topological polar surface area (TPSA) is 206 Å². The average Bonchev–Trinajstić information content (AvgIpc) is 3.93. The van der Waals surface area contributed by atoms with E-state index >= 15 is 0 Å². The lowest BCUT2D eigenvalue weighted by molar-refractivity contribution is 0.102. The maximum atomic E-state index is 13.3. The number of aromatic nitrogens is 4. The zero-order valence-electron chi connectivity index (χ0n) is 34.7. The van der Waals surface area contributed by atoms with Crippen molar-refractivity contribution in [2.24, 2.45) is 0 Å². The Labute approximate surface area is 346 Å².